The number of benzene rings is 1. The molecule has 19 heavy (non-hydrogen) atoms. The highest BCUT2D eigenvalue weighted by Crippen LogP contribution is 2.27. The number of azide groups is 1. The quantitative estimate of drug-likeness (QED) is 0.476. The molecule has 0 aliphatic rings. The Balaban J connectivity index is 2.34. The Morgan fingerprint density at radius 2 is 2.00 bits per heavy atom. The largest absolute Gasteiger partial charge is 0.293 e. The zero-order valence-electron chi connectivity index (χ0n) is 10.0. The smallest absolute Gasteiger partial charge is 0.219 e. The van der Waals surface area contributed by atoms with Gasteiger partial charge >= 0.3 is 0 Å². The molecule has 1 atom stereocenters. The summed E-state index contributed by atoms with van der Waals surface area (Å²) in [5, 5.41) is 10.7. The number of carbonyl (C=O) groups excluding carboxylic acids is 1. The van der Waals surface area contributed by atoms with Crippen molar-refractivity contribution in [2.24, 2.45) is 5.11 Å². The van der Waals surface area contributed by atoms with Crippen LogP contribution in [-0.4, -0.2) is 16.1 Å². The van der Waals surface area contributed by atoms with Gasteiger partial charge in [0.1, 0.15) is 0 Å². The van der Waals surface area contributed by atoms with Crippen LogP contribution in [0.5, 0.6) is 0 Å². The van der Waals surface area contributed by atoms with Crippen molar-refractivity contribution in [1.29, 1.82) is 0 Å². The highest BCUT2D eigenvalue weighted by molar-refractivity contribution is 5.78. The third-order valence-corrected chi connectivity index (χ3v) is 2.75. The monoisotopic (exact) mass is 253 g/mol. The molecular formula is C13H11N5O. The van der Waals surface area contributed by atoms with E-state index in [-0.39, 0.29) is 12.3 Å². The molecule has 6 nitrogen and oxygen atoms in total. The first kappa shape index (κ1) is 12.7. The number of nitrogens with zero attached hydrogens (tertiary/aromatic N) is 5. The first-order chi connectivity index (χ1) is 9.31. The van der Waals surface area contributed by atoms with Gasteiger partial charge in [-0.05, 0) is 27.8 Å². The number of hydrogen-bond acceptors (Lipinski definition) is 3. The van der Waals surface area contributed by atoms with Crippen LogP contribution in [-0.2, 0) is 4.79 Å². The van der Waals surface area contributed by atoms with Crippen molar-refractivity contribution in [3.8, 4) is 0 Å². The maximum absolute atomic E-state index is 11.5. The second-order valence-corrected chi connectivity index (χ2v) is 3.93. The fourth-order valence-corrected chi connectivity index (χ4v) is 1.89. The van der Waals surface area contributed by atoms with Gasteiger partial charge in [-0.25, -0.2) is 0 Å². The maximum Gasteiger partial charge on any atom is 0.219 e. The summed E-state index contributed by atoms with van der Waals surface area (Å²) in [6.45, 7) is 0. The molecule has 1 aromatic heterocycles. The van der Waals surface area contributed by atoms with E-state index in [2.05, 4.69) is 20.2 Å². The van der Waals surface area contributed by atoms with Crippen molar-refractivity contribution in [1.82, 2.24) is 10.2 Å². The second kappa shape index (κ2) is 6.28. The Morgan fingerprint density at radius 1 is 1.21 bits per heavy atom. The van der Waals surface area contributed by atoms with Crippen LogP contribution < -0.4 is 0 Å². The van der Waals surface area contributed by atoms with Gasteiger partial charge in [0.2, 0.25) is 5.91 Å². The van der Waals surface area contributed by atoms with E-state index < -0.39 is 5.91 Å². The van der Waals surface area contributed by atoms with Gasteiger partial charge < -0.3 is 0 Å². The van der Waals surface area contributed by atoms with Crippen LogP contribution in [0.1, 0.15) is 23.5 Å². The van der Waals surface area contributed by atoms with Gasteiger partial charge in [0, 0.05) is 23.4 Å². The average Bonchev–Trinajstić information content (AvgIpc) is 2.47. The van der Waals surface area contributed by atoms with E-state index in [1.807, 2.05) is 30.3 Å². The van der Waals surface area contributed by atoms with E-state index in [0.29, 0.717) is 0 Å². The number of amides is 1. The molecule has 6 heteroatoms. The Morgan fingerprint density at radius 3 is 2.63 bits per heavy atom. The number of rotatable bonds is 4. The zero-order valence-corrected chi connectivity index (χ0v) is 10.0. The second-order valence-electron chi connectivity index (χ2n) is 3.93. The van der Waals surface area contributed by atoms with E-state index in [1.165, 1.54) is 0 Å². The molecule has 0 bridgehead atoms. The van der Waals surface area contributed by atoms with Crippen LogP contribution in [0.4, 0.5) is 0 Å². The van der Waals surface area contributed by atoms with E-state index in [0.717, 1.165) is 11.1 Å². The van der Waals surface area contributed by atoms with Gasteiger partial charge in [-0.1, -0.05) is 30.3 Å². The predicted octanol–water partition coefficient (Wildman–Crippen LogP) is 2.84. The van der Waals surface area contributed by atoms with E-state index in [9.17, 15) is 4.79 Å². The van der Waals surface area contributed by atoms with Gasteiger partial charge in [0.05, 0.1) is 6.20 Å². The van der Waals surface area contributed by atoms with Crippen LogP contribution in [0.15, 0.2) is 53.9 Å². The molecule has 1 amide bonds. The maximum atomic E-state index is 11.5. The summed E-state index contributed by atoms with van der Waals surface area (Å²) in [6, 6.07) is 11.3. The molecule has 0 saturated carbocycles. The van der Waals surface area contributed by atoms with Crippen molar-refractivity contribution < 1.29 is 4.79 Å². The lowest BCUT2D eigenvalue weighted by Gasteiger charge is -2.15. The minimum absolute atomic E-state index is 0.111. The molecule has 0 radical (unpaired) electrons. The van der Waals surface area contributed by atoms with Gasteiger partial charge in [-0.2, -0.15) is 10.2 Å². The molecule has 0 aliphatic carbocycles. The highest BCUT2D eigenvalue weighted by Gasteiger charge is 2.17. The molecule has 2 rings (SSSR count). The molecule has 94 valence electrons. The molecule has 1 aromatic carbocycles. The first-order valence-electron chi connectivity index (χ1n) is 5.70. The van der Waals surface area contributed by atoms with Crippen molar-refractivity contribution in [2.45, 2.75) is 12.3 Å². The predicted molar refractivity (Wildman–Crippen MR) is 69.1 cm³/mol. The summed E-state index contributed by atoms with van der Waals surface area (Å²) >= 11 is 0. The summed E-state index contributed by atoms with van der Waals surface area (Å²) in [5.41, 5.74) is 10.1. The van der Waals surface area contributed by atoms with Crippen molar-refractivity contribution in [3.63, 3.8) is 0 Å². The molecule has 0 aliphatic heterocycles. The van der Waals surface area contributed by atoms with Crippen LogP contribution in [0.3, 0.4) is 0 Å². The Kier molecular flexibility index (Phi) is 4.21. The topological polar surface area (TPSA) is 91.6 Å². The fourth-order valence-electron chi connectivity index (χ4n) is 1.89. The van der Waals surface area contributed by atoms with Crippen LogP contribution in [0.2, 0.25) is 0 Å². The molecule has 1 heterocycles. The number of aromatic nitrogens is 2. The normalized spacial score (nSPS) is 11.4. The van der Waals surface area contributed by atoms with Gasteiger partial charge in [0.15, 0.2) is 0 Å². The SMILES string of the molecule is [N-]=[N+]=NC(=O)C[C@H](c1ccccc1)c1ccnnc1. The number of carbonyl (C=O) groups is 1. The molecule has 0 unspecified atom stereocenters. The van der Waals surface area contributed by atoms with Gasteiger partial charge in [-0.3, -0.25) is 4.79 Å². The molecule has 0 fully saturated rings. The van der Waals surface area contributed by atoms with Gasteiger partial charge in [0.25, 0.3) is 0 Å². The summed E-state index contributed by atoms with van der Waals surface area (Å²) in [4.78, 5) is 14.1. The van der Waals surface area contributed by atoms with Crippen molar-refractivity contribution in [2.75, 3.05) is 0 Å². The first-order valence-corrected chi connectivity index (χ1v) is 5.70. The van der Waals surface area contributed by atoms with E-state index in [4.69, 9.17) is 5.53 Å². The van der Waals surface area contributed by atoms with Crippen molar-refractivity contribution >= 4 is 5.91 Å². The average molecular weight is 253 g/mol. The third kappa shape index (κ3) is 3.37. The minimum Gasteiger partial charge on any atom is -0.293 e. The molecule has 0 saturated heterocycles. The van der Waals surface area contributed by atoms with Crippen LogP contribution in [0, 0.1) is 0 Å². The van der Waals surface area contributed by atoms with Crippen LogP contribution >= 0.6 is 0 Å². The third-order valence-electron chi connectivity index (χ3n) is 2.75. The molecular weight excluding hydrogens is 242 g/mol. The van der Waals surface area contributed by atoms with Crippen molar-refractivity contribution in [3.05, 3.63) is 70.4 Å². The van der Waals surface area contributed by atoms with E-state index >= 15 is 0 Å². The van der Waals surface area contributed by atoms with E-state index in [1.54, 1.807) is 18.5 Å². The summed E-state index contributed by atoms with van der Waals surface area (Å²) in [7, 11) is 0. The van der Waals surface area contributed by atoms with Crippen LogP contribution in [0.25, 0.3) is 10.4 Å². The summed E-state index contributed by atoms with van der Waals surface area (Å²) in [5.74, 6) is -0.678. The lowest BCUT2D eigenvalue weighted by atomic mass is 9.89. The molecule has 0 N–H and O–H groups in total. The van der Waals surface area contributed by atoms with Gasteiger partial charge in [-0.15, -0.1) is 0 Å². The summed E-state index contributed by atoms with van der Waals surface area (Å²) < 4.78 is 0. The molecule has 0 spiro atoms. The molecule has 2 aromatic rings. The Labute approximate surface area is 109 Å². The lowest BCUT2D eigenvalue weighted by molar-refractivity contribution is -0.118. The minimum atomic E-state index is -0.492. The Hall–Kier alpha value is -2.72. The lowest BCUT2D eigenvalue weighted by Crippen LogP contribution is -2.07. The fraction of sp³-hybridized carbons (Fsp3) is 0.154. The number of hydrogen-bond donors (Lipinski definition) is 0. The Bertz CT molecular complexity index is 553. The standard InChI is InChI=1S/C13H11N5O/c14-18-17-13(19)8-12(10-4-2-1-3-5-10)11-6-7-15-16-9-11/h1-7,9,12H,8H2/t12-/m1/s1. The zero-order chi connectivity index (χ0) is 13.5. The highest BCUT2D eigenvalue weighted by atomic mass is 16.1. The summed E-state index contributed by atoms with van der Waals surface area (Å²) in [6.07, 6.45) is 3.30.